The van der Waals surface area contributed by atoms with Gasteiger partial charge in [0.15, 0.2) is 0 Å². The van der Waals surface area contributed by atoms with Crippen LogP contribution in [0, 0.1) is 5.41 Å². The van der Waals surface area contributed by atoms with Crippen molar-refractivity contribution in [2.75, 3.05) is 38.6 Å². The van der Waals surface area contributed by atoms with E-state index in [0.717, 1.165) is 19.6 Å². The van der Waals surface area contributed by atoms with Crippen LogP contribution < -0.4 is 10.1 Å². The molecule has 1 saturated heterocycles. The van der Waals surface area contributed by atoms with Crippen molar-refractivity contribution in [2.45, 2.75) is 19.4 Å². The highest BCUT2D eigenvalue weighted by atomic mass is 16.5. The molecular weight excluding hydrogens is 366 g/mol. The van der Waals surface area contributed by atoms with Gasteiger partial charge in [-0.2, -0.15) is 0 Å². The fourth-order valence-electron chi connectivity index (χ4n) is 3.87. The fraction of sp³-hybridized carbons (Fsp3) is 0.391. The molecule has 2 amide bonds. The highest BCUT2D eigenvalue weighted by Gasteiger charge is 2.58. The molecule has 1 aliphatic carbocycles. The van der Waals surface area contributed by atoms with Crippen LogP contribution in [0.1, 0.15) is 18.4 Å². The van der Waals surface area contributed by atoms with Crippen LogP contribution >= 0.6 is 0 Å². The predicted molar refractivity (Wildman–Crippen MR) is 112 cm³/mol. The Morgan fingerprint density at radius 1 is 1.00 bits per heavy atom. The molecule has 1 aliphatic heterocycles. The van der Waals surface area contributed by atoms with Gasteiger partial charge < -0.3 is 15.0 Å². The number of nitrogens with zero attached hydrogens (tertiary/aromatic N) is 2. The lowest BCUT2D eigenvalue weighted by Crippen LogP contribution is -2.52. The van der Waals surface area contributed by atoms with Gasteiger partial charge in [-0.1, -0.05) is 36.4 Å². The first kappa shape index (κ1) is 19.5. The molecule has 1 N–H and O–H groups in total. The highest BCUT2D eigenvalue weighted by Crippen LogP contribution is 2.48. The summed E-state index contributed by atoms with van der Waals surface area (Å²) in [6, 6.07) is 17.6. The van der Waals surface area contributed by atoms with E-state index in [1.807, 2.05) is 41.3 Å². The molecule has 2 fully saturated rings. The molecule has 6 heteroatoms. The molecule has 2 aromatic rings. The van der Waals surface area contributed by atoms with Gasteiger partial charge in [-0.15, -0.1) is 0 Å². The van der Waals surface area contributed by atoms with E-state index in [-0.39, 0.29) is 11.8 Å². The Labute approximate surface area is 171 Å². The van der Waals surface area contributed by atoms with Crippen molar-refractivity contribution in [3.63, 3.8) is 0 Å². The number of hydrogen-bond acceptors (Lipinski definition) is 4. The Kier molecular flexibility index (Phi) is 5.53. The van der Waals surface area contributed by atoms with Gasteiger partial charge in [-0.3, -0.25) is 14.5 Å². The number of hydrogen-bond donors (Lipinski definition) is 1. The number of ether oxygens (including phenoxy) is 1. The average molecular weight is 393 g/mol. The quantitative estimate of drug-likeness (QED) is 0.767. The smallest absolute Gasteiger partial charge is 0.240 e. The van der Waals surface area contributed by atoms with E-state index in [1.54, 1.807) is 13.2 Å². The van der Waals surface area contributed by atoms with Crippen LogP contribution in [0.25, 0.3) is 0 Å². The largest absolute Gasteiger partial charge is 0.497 e. The molecule has 29 heavy (non-hydrogen) atoms. The number of carbonyl (C=O) groups is 2. The van der Waals surface area contributed by atoms with Gasteiger partial charge in [-0.05, 0) is 30.5 Å². The topological polar surface area (TPSA) is 61.9 Å². The molecule has 6 nitrogen and oxygen atoms in total. The lowest BCUT2D eigenvalue weighted by molar-refractivity contribution is -0.143. The number of benzene rings is 2. The summed E-state index contributed by atoms with van der Waals surface area (Å²) in [7, 11) is 1.59. The molecule has 4 rings (SSSR count). The van der Waals surface area contributed by atoms with E-state index < -0.39 is 5.41 Å². The molecule has 0 unspecified atom stereocenters. The van der Waals surface area contributed by atoms with Crippen molar-refractivity contribution >= 4 is 17.5 Å². The number of nitrogens with one attached hydrogen (secondary N) is 1. The maximum absolute atomic E-state index is 13.1. The number of piperazine rings is 1. The van der Waals surface area contributed by atoms with E-state index >= 15 is 0 Å². The molecule has 0 bridgehead atoms. The zero-order valence-electron chi connectivity index (χ0n) is 16.8. The Morgan fingerprint density at radius 3 is 2.38 bits per heavy atom. The number of anilines is 1. The summed E-state index contributed by atoms with van der Waals surface area (Å²) in [6.45, 7) is 3.88. The average Bonchev–Trinajstić information content (AvgIpc) is 3.57. The first-order valence-corrected chi connectivity index (χ1v) is 10.1. The number of carbonyl (C=O) groups excluding carboxylic acids is 2. The van der Waals surface area contributed by atoms with E-state index in [4.69, 9.17) is 4.74 Å². The van der Waals surface area contributed by atoms with Crippen LogP contribution in [0.4, 0.5) is 5.69 Å². The summed E-state index contributed by atoms with van der Waals surface area (Å²) >= 11 is 0. The molecule has 1 heterocycles. The van der Waals surface area contributed by atoms with Crippen molar-refractivity contribution in [3.05, 3.63) is 60.2 Å². The van der Waals surface area contributed by atoms with E-state index in [9.17, 15) is 9.59 Å². The summed E-state index contributed by atoms with van der Waals surface area (Å²) in [5.41, 5.74) is 1.04. The van der Waals surface area contributed by atoms with Gasteiger partial charge in [0, 0.05) is 44.5 Å². The monoisotopic (exact) mass is 393 g/mol. The molecular formula is C23H27N3O3. The summed E-state index contributed by atoms with van der Waals surface area (Å²) in [5.74, 6) is 0.438. The lowest BCUT2D eigenvalue weighted by atomic mass is 10.0. The SMILES string of the molecule is COc1cccc(NC(=O)C2(C(=O)N3CCN(Cc4ccccc4)CC3)CC2)c1. The molecule has 2 aliphatic rings. The van der Waals surface area contributed by atoms with Gasteiger partial charge in [0.05, 0.1) is 7.11 Å². The summed E-state index contributed by atoms with van der Waals surface area (Å²) in [4.78, 5) is 30.2. The lowest BCUT2D eigenvalue weighted by Gasteiger charge is -2.36. The van der Waals surface area contributed by atoms with Gasteiger partial charge >= 0.3 is 0 Å². The first-order chi connectivity index (χ1) is 14.1. The standard InChI is InChI=1S/C23H27N3O3/c1-29-20-9-5-8-19(16-20)24-21(27)23(10-11-23)22(28)26-14-12-25(13-15-26)17-18-6-3-2-4-7-18/h2-9,16H,10-15,17H2,1H3,(H,24,27). The third-order valence-electron chi connectivity index (χ3n) is 5.83. The van der Waals surface area contributed by atoms with Crippen molar-refractivity contribution in [2.24, 2.45) is 5.41 Å². The van der Waals surface area contributed by atoms with Gasteiger partial charge in [0.25, 0.3) is 0 Å². The molecule has 2 aromatic carbocycles. The Balaban J connectivity index is 1.33. The van der Waals surface area contributed by atoms with Crippen LogP contribution in [0.2, 0.25) is 0 Å². The Bertz CT molecular complexity index is 872. The molecule has 0 radical (unpaired) electrons. The van der Waals surface area contributed by atoms with Crippen LogP contribution in [-0.4, -0.2) is 54.9 Å². The third kappa shape index (κ3) is 4.27. The van der Waals surface area contributed by atoms with Crippen LogP contribution in [0.5, 0.6) is 5.75 Å². The molecule has 1 saturated carbocycles. The van der Waals surface area contributed by atoms with Gasteiger partial charge in [-0.25, -0.2) is 0 Å². The summed E-state index contributed by atoms with van der Waals surface area (Å²) < 4.78 is 5.20. The molecule has 0 atom stereocenters. The predicted octanol–water partition coefficient (Wildman–Crippen LogP) is 2.76. The number of amides is 2. The van der Waals surface area contributed by atoms with Gasteiger partial charge in [0.1, 0.15) is 11.2 Å². The Morgan fingerprint density at radius 2 is 1.72 bits per heavy atom. The van der Waals surface area contributed by atoms with Gasteiger partial charge in [0.2, 0.25) is 11.8 Å². The first-order valence-electron chi connectivity index (χ1n) is 10.1. The Hall–Kier alpha value is -2.86. The zero-order valence-corrected chi connectivity index (χ0v) is 16.8. The van der Waals surface area contributed by atoms with Crippen molar-refractivity contribution < 1.29 is 14.3 Å². The normalized spacial score (nSPS) is 18.2. The summed E-state index contributed by atoms with van der Waals surface area (Å²) in [6.07, 6.45) is 1.23. The second kappa shape index (κ2) is 8.25. The second-order valence-corrected chi connectivity index (χ2v) is 7.82. The third-order valence-corrected chi connectivity index (χ3v) is 5.83. The number of methoxy groups -OCH3 is 1. The number of rotatable bonds is 6. The van der Waals surface area contributed by atoms with E-state index in [1.165, 1.54) is 5.56 Å². The minimum absolute atomic E-state index is 0.0303. The summed E-state index contributed by atoms with van der Waals surface area (Å²) in [5, 5.41) is 2.90. The van der Waals surface area contributed by atoms with E-state index in [0.29, 0.717) is 37.4 Å². The molecule has 152 valence electrons. The van der Waals surface area contributed by atoms with Crippen LogP contribution in [0.15, 0.2) is 54.6 Å². The minimum atomic E-state index is -0.898. The molecule has 0 spiro atoms. The van der Waals surface area contributed by atoms with Crippen molar-refractivity contribution in [1.82, 2.24) is 9.80 Å². The van der Waals surface area contributed by atoms with Crippen molar-refractivity contribution in [1.29, 1.82) is 0 Å². The van der Waals surface area contributed by atoms with E-state index in [2.05, 4.69) is 22.3 Å². The second-order valence-electron chi connectivity index (χ2n) is 7.82. The maximum atomic E-state index is 13.1. The maximum Gasteiger partial charge on any atom is 0.240 e. The zero-order chi connectivity index (χ0) is 20.3. The van der Waals surface area contributed by atoms with Crippen LogP contribution in [0.3, 0.4) is 0 Å². The molecule has 0 aromatic heterocycles. The highest BCUT2D eigenvalue weighted by molar-refractivity contribution is 6.13. The van der Waals surface area contributed by atoms with Crippen LogP contribution in [-0.2, 0) is 16.1 Å². The fourth-order valence-corrected chi connectivity index (χ4v) is 3.87. The van der Waals surface area contributed by atoms with Crippen molar-refractivity contribution in [3.8, 4) is 5.75 Å². The minimum Gasteiger partial charge on any atom is -0.497 e.